The van der Waals surface area contributed by atoms with E-state index in [0.717, 1.165) is 31.6 Å². The van der Waals surface area contributed by atoms with Crippen LogP contribution in [0, 0.1) is 17.3 Å². The molecular weight excluding hydrogens is 246 g/mol. The number of aliphatic hydroxyl groups is 1. The Morgan fingerprint density at radius 2 is 1.70 bits per heavy atom. The zero-order chi connectivity index (χ0) is 14.6. The molecule has 2 unspecified atom stereocenters. The summed E-state index contributed by atoms with van der Waals surface area (Å²) < 4.78 is 0. The van der Waals surface area contributed by atoms with Gasteiger partial charge in [-0.15, -0.1) is 0 Å². The Morgan fingerprint density at radius 1 is 1.05 bits per heavy atom. The summed E-state index contributed by atoms with van der Waals surface area (Å²) >= 11 is 0. The fourth-order valence-corrected chi connectivity index (χ4v) is 4.98. The quantitative estimate of drug-likeness (QED) is 0.757. The maximum Gasteiger partial charge on any atom is 0.0718 e. The molecule has 0 bridgehead atoms. The Balaban J connectivity index is 2.13. The summed E-state index contributed by atoms with van der Waals surface area (Å²) in [6.07, 6.45) is 13.2. The van der Waals surface area contributed by atoms with Gasteiger partial charge in [0, 0.05) is 12.0 Å². The minimum absolute atomic E-state index is 0.0130. The summed E-state index contributed by atoms with van der Waals surface area (Å²) in [5.41, 5.74) is 5.74. The van der Waals surface area contributed by atoms with Crippen LogP contribution < -0.4 is 5.73 Å². The molecule has 2 atom stereocenters. The average molecular weight is 281 g/mol. The second kappa shape index (κ2) is 6.79. The largest absolute Gasteiger partial charge is 0.389 e. The molecule has 0 aliphatic heterocycles. The maximum atomic E-state index is 11.5. The molecule has 2 rings (SSSR count). The normalized spacial score (nSPS) is 35.0. The fourth-order valence-electron chi connectivity index (χ4n) is 4.98. The van der Waals surface area contributed by atoms with Gasteiger partial charge in [0.2, 0.25) is 0 Å². The lowest BCUT2D eigenvalue weighted by Gasteiger charge is -2.51. The SMILES string of the molecule is CC(C)CC1CCCC(O)(C2(CN)CCCCCC2)C1. The highest BCUT2D eigenvalue weighted by molar-refractivity contribution is 5.03. The van der Waals surface area contributed by atoms with E-state index in [4.69, 9.17) is 5.73 Å². The van der Waals surface area contributed by atoms with E-state index in [1.54, 1.807) is 0 Å². The molecule has 2 nitrogen and oxygen atoms in total. The first-order valence-electron chi connectivity index (χ1n) is 8.94. The topological polar surface area (TPSA) is 46.2 Å². The second-order valence-electron chi connectivity index (χ2n) is 8.02. The van der Waals surface area contributed by atoms with E-state index in [1.165, 1.54) is 44.9 Å². The van der Waals surface area contributed by atoms with Gasteiger partial charge in [-0.2, -0.15) is 0 Å². The summed E-state index contributed by atoms with van der Waals surface area (Å²) in [7, 11) is 0. The van der Waals surface area contributed by atoms with Gasteiger partial charge in [-0.3, -0.25) is 0 Å². The molecule has 0 saturated heterocycles. The highest BCUT2D eigenvalue weighted by Gasteiger charge is 2.50. The molecular formula is C18H35NO. The van der Waals surface area contributed by atoms with Crippen LogP contribution in [0.2, 0.25) is 0 Å². The van der Waals surface area contributed by atoms with Crippen LogP contribution in [0.4, 0.5) is 0 Å². The van der Waals surface area contributed by atoms with Crippen molar-refractivity contribution in [1.29, 1.82) is 0 Å². The molecule has 0 spiro atoms. The molecule has 0 aromatic rings. The summed E-state index contributed by atoms with van der Waals surface area (Å²) in [6, 6.07) is 0. The third-order valence-corrected chi connectivity index (χ3v) is 6.07. The molecule has 2 fully saturated rings. The lowest BCUT2D eigenvalue weighted by atomic mass is 9.59. The van der Waals surface area contributed by atoms with E-state index in [-0.39, 0.29) is 5.41 Å². The second-order valence-corrected chi connectivity index (χ2v) is 8.02. The van der Waals surface area contributed by atoms with Gasteiger partial charge in [0.1, 0.15) is 0 Å². The third kappa shape index (κ3) is 3.39. The standard InChI is InChI=1S/C18H35NO/c1-15(2)12-16-8-7-11-18(20,13-16)17(14-19)9-5-3-4-6-10-17/h15-16,20H,3-14,19H2,1-2H3. The smallest absolute Gasteiger partial charge is 0.0718 e. The molecule has 3 N–H and O–H groups in total. The monoisotopic (exact) mass is 281 g/mol. The first-order valence-corrected chi connectivity index (χ1v) is 8.94. The average Bonchev–Trinajstić information content (AvgIpc) is 2.64. The van der Waals surface area contributed by atoms with Gasteiger partial charge in [-0.1, -0.05) is 52.4 Å². The zero-order valence-electron chi connectivity index (χ0n) is 13.7. The molecule has 2 aliphatic rings. The number of nitrogens with two attached hydrogens (primary N) is 1. The van der Waals surface area contributed by atoms with Crippen LogP contribution in [0.5, 0.6) is 0 Å². The van der Waals surface area contributed by atoms with Gasteiger partial charge < -0.3 is 10.8 Å². The van der Waals surface area contributed by atoms with Crippen molar-refractivity contribution in [3.05, 3.63) is 0 Å². The Morgan fingerprint density at radius 3 is 2.25 bits per heavy atom. The molecule has 118 valence electrons. The lowest BCUT2D eigenvalue weighted by molar-refractivity contribution is -0.126. The molecule has 2 saturated carbocycles. The van der Waals surface area contributed by atoms with Gasteiger partial charge in [-0.05, 0) is 43.9 Å². The van der Waals surface area contributed by atoms with E-state index >= 15 is 0 Å². The number of hydrogen-bond donors (Lipinski definition) is 2. The predicted octanol–water partition coefficient (Wildman–Crippen LogP) is 4.25. The fraction of sp³-hybridized carbons (Fsp3) is 1.00. The Kier molecular flexibility index (Phi) is 5.53. The van der Waals surface area contributed by atoms with E-state index in [9.17, 15) is 5.11 Å². The molecule has 0 radical (unpaired) electrons. The highest BCUT2D eigenvalue weighted by atomic mass is 16.3. The van der Waals surface area contributed by atoms with Crippen LogP contribution >= 0.6 is 0 Å². The summed E-state index contributed by atoms with van der Waals surface area (Å²) in [4.78, 5) is 0. The minimum atomic E-state index is -0.482. The van der Waals surface area contributed by atoms with Crippen LogP contribution in [0.1, 0.15) is 84.5 Å². The molecule has 0 aromatic carbocycles. The van der Waals surface area contributed by atoms with E-state index < -0.39 is 5.60 Å². The maximum absolute atomic E-state index is 11.5. The highest BCUT2D eigenvalue weighted by Crippen LogP contribution is 2.51. The van der Waals surface area contributed by atoms with Crippen molar-refractivity contribution in [2.24, 2.45) is 23.0 Å². The van der Waals surface area contributed by atoms with Gasteiger partial charge >= 0.3 is 0 Å². The Hall–Kier alpha value is -0.0800. The molecule has 20 heavy (non-hydrogen) atoms. The lowest BCUT2D eigenvalue weighted by Crippen LogP contribution is -2.55. The third-order valence-electron chi connectivity index (χ3n) is 6.07. The van der Waals surface area contributed by atoms with Gasteiger partial charge in [0.15, 0.2) is 0 Å². The van der Waals surface area contributed by atoms with Gasteiger partial charge in [0.25, 0.3) is 0 Å². The van der Waals surface area contributed by atoms with Crippen molar-refractivity contribution in [2.45, 2.75) is 90.1 Å². The Bertz CT molecular complexity index is 294. The number of rotatable bonds is 4. The van der Waals surface area contributed by atoms with Crippen molar-refractivity contribution in [3.63, 3.8) is 0 Å². The van der Waals surface area contributed by atoms with Gasteiger partial charge in [-0.25, -0.2) is 0 Å². The first-order chi connectivity index (χ1) is 9.51. The van der Waals surface area contributed by atoms with Crippen molar-refractivity contribution in [1.82, 2.24) is 0 Å². The molecule has 2 aliphatic carbocycles. The molecule has 2 heteroatoms. The summed E-state index contributed by atoms with van der Waals surface area (Å²) in [5, 5.41) is 11.5. The molecule has 0 amide bonds. The van der Waals surface area contributed by atoms with E-state index in [0.29, 0.717) is 12.5 Å². The van der Waals surface area contributed by atoms with Gasteiger partial charge in [0.05, 0.1) is 5.60 Å². The van der Waals surface area contributed by atoms with Crippen LogP contribution in [0.25, 0.3) is 0 Å². The van der Waals surface area contributed by atoms with E-state index in [2.05, 4.69) is 13.8 Å². The summed E-state index contributed by atoms with van der Waals surface area (Å²) in [6.45, 7) is 5.29. The van der Waals surface area contributed by atoms with Crippen molar-refractivity contribution >= 4 is 0 Å². The Labute approximate surface area is 125 Å². The van der Waals surface area contributed by atoms with Crippen molar-refractivity contribution in [3.8, 4) is 0 Å². The molecule has 0 aromatic heterocycles. The minimum Gasteiger partial charge on any atom is -0.389 e. The number of hydrogen-bond acceptors (Lipinski definition) is 2. The predicted molar refractivity (Wildman–Crippen MR) is 85.6 cm³/mol. The van der Waals surface area contributed by atoms with Crippen LogP contribution in [-0.4, -0.2) is 17.3 Å². The molecule has 0 heterocycles. The first kappa shape index (κ1) is 16.3. The van der Waals surface area contributed by atoms with Crippen LogP contribution in [-0.2, 0) is 0 Å². The van der Waals surface area contributed by atoms with Crippen molar-refractivity contribution < 1.29 is 5.11 Å². The van der Waals surface area contributed by atoms with E-state index in [1.807, 2.05) is 0 Å². The zero-order valence-corrected chi connectivity index (χ0v) is 13.7. The van der Waals surface area contributed by atoms with Crippen LogP contribution in [0.3, 0.4) is 0 Å². The van der Waals surface area contributed by atoms with Crippen LogP contribution in [0.15, 0.2) is 0 Å². The van der Waals surface area contributed by atoms with Crippen molar-refractivity contribution in [2.75, 3.05) is 6.54 Å². The summed E-state index contributed by atoms with van der Waals surface area (Å²) in [5.74, 6) is 1.45.